The molecule has 1 atom stereocenters. The molecule has 22 heavy (non-hydrogen) atoms. The smallest absolute Gasteiger partial charge is 0.204 e. The van der Waals surface area contributed by atoms with Crippen LogP contribution in [0.2, 0.25) is 0 Å². The van der Waals surface area contributed by atoms with Crippen LogP contribution in [0.3, 0.4) is 0 Å². The number of benzene rings is 1. The van der Waals surface area contributed by atoms with E-state index in [2.05, 4.69) is 10.4 Å². The van der Waals surface area contributed by atoms with Crippen molar-refractivity contribution < 1.29 is 8.78 Å². The Balaban J connectivity index is 2.44. The van der Waals surface area contributed by atoms with Gasteiger partial charge >= 0.3 is 0 Å². The van der Waals surface area contributed by atoms with Crippen LogP contribution in [0, 0.1) is 18.6 Å². The Kier molecular flexibility index (Phi) is 5.03. The van der Waals surface area contributed by atoms with Crippen molar-refractivity contribution in [1.82, 2.24) is 15.1 Å². The minimum atomic E-state index is -0.596. The lowest BCUT2D eigenvalue weighted by molar-refractivity contribution is 0.519. The third kappa shape index (κ3) is 3.57. The first-order valence-corrected chi connectivity index (χ1v) is 7.21. The van der Waals surface area contributed by atoms with Crippen LogP contribution in [-0.2, 0) is 6.54 Å². The van der Waals surface area contributed by atoms with E-state index in [0.717, 1.165) is 24.6 Å². The summed E-state index contributed by atoms with van der Waals surface area (Å²) in [5, 5.41) is 7.36. The Labute approximate surface area is 127 Å². The first-order valence-electron chi connectivity index (χ1n) is 7.21. The number of halogens is 2. The molecule has 0 saturated carbocycles. The molecule has 0 fully saturated rings. The molecule has 1 unspecified atom stereocenters. The normalized spacial score (nSPS) is 12.4. The number of aromatic nitrogens is 2. The molecule has 0 radical (unpaired) electrons. The van der Waals surface area contributed by atoms with Gasteiger partial charge in [-0.2, -0.15) is 5.10 Å². The minimum absolute atomic E-state index is 0.0118. The molecule has 0 aliphatic carbocycles. The summed E-state index contributed by atoms with van der Waals surface area (Å²) in [5.74, 6) is -1.16. The maximum atomic E-state index is 13.9. The lowest BCUT2D eigenvalue weighted by Crippen LogP contribution is -2.29. The monoisotopic (exact) mass is 307 g/mol. The number of nitrogens with zero attached hydrogens (tertiary/aromatic N) is 2. The summed E-state index contributed by atoms with van der Waals surface area (Å²) >= 11 is 0. The summed E-state index contributed by atoms with van der Waals surface area (Å²) in [5.41, 5.74) is 0.486. The molecule has 1 heterocycles. The standard InChI is InChI=1S/C16H19F2N3O/c1-4-10(2)19-9-14-16(22)7-11(3)21(20-14)15-8-12(17)5-6-13(15)18/h5-8,10,19H,4,9H2,1-3H3. The minimum Gasteiger partial charge on any atom is -0.308 e. The number of rotatable bonds is 5. The van der Waals surface area contributed by atoms with Crippen LogP contribution < -0.4 is 10.7 Å². The maximum Gasteiger partial charge on any atom is 0.204 e. The maximum absolute atomic E-state index is 13.9. The Bertz CT molecular complexity index is 728. The molecular formula is C16H19F2N3O. The molecule has 4 nitrogen and oxygen atoms in total. The molecular weight excluding hydrogens is 288 g/mol. The van der Waals surface area contributed by atoms with E-state index >= 15 is 0 Å². The molecule has 0 aliphatic rings. The lowest BCUT2D eigenvalue weighted by Gasteiger charge is -2.14. The molecule has 2 aromatic rings. The third-order valence-corrected chi connectivity index (χ3v) is 3.55. The van der Waals surface area contributed by atoms with Gasteiger partial charge in [0, 0.05) is 30.4 Å². The van der Waals surface area contributed by atoms with Crippen LogP contribution >= 0.6 is 0 Å². The SMILES string of the molecule is CCC(C)NCc1nn(-c2cc(F)ccc2F)c(C)cc1=O. The summed E-state index contributed by atoms with van der Waals surface area (Å²) in [6.45, 7) is 5.94. The zero-order valence-electron chi connectivity index (χ0n) is 12.9. The van der Waals surface area contributed by atoms with Crippen molar-refractivity contribution in [1.29, 1.82) is 0 Å². The number of hydrogen-bond donors (Lipinski definition) is 1. The fourth-order valence-electron chi connectivity index (χ4n) is 2.01. The Morgan fingerprint density at radius 3 is 2.73 bits per heavy atom. The van der Waals surface area contributed by atoms with Crippen molar-refractivity contribution in [2.24, 2.45) is 0 Å². The fraction of sp³-hybridized carbons (Fsp3) is 0.375. The van der Waals surface area contributed by atoms with E-state index in [1.807, 2.05) is 13.8 Å². The van der Waals surface area contributed by atoms with Gasteiger partial charge < -0.3 is 5.32 Å². The van der Waals surface area contributed by atoms with Crippen LogP contribution in [0.15, 0.2) is 29.1 Å². The van der Waals surface area contributed by atoms with Crippen LogP contribution in [0.5, 0.6) is 0 Å². The average Bonchev–Trinajstić information content (AvgIpc) is 2.49. The van der Waals surface area contributed by atoms with Crippen molar-refractivity contribution in [3.05, 3.63) is 57.5 Å². The predicted octanol–water partition coefficient (Wildman–Crippen LogP) is 2.71. The molecule has 1 aromatic carbocycles. The van der Waals surface area contributed by atoms with Gasteiger partial charge in [-0.25, -0.2) is 13.5 Å². The number of hydrogen-bond acceptors (Lipinski definition) is 3. The van der Waals surface area contributed by atoms with E-state index in [1.165, 1.54) is 10.7 Å². The largest absolute Gasteiger partial charge is 0.308 e. The third-order valence-electron chi connectivity index (χ3n) is 3.55. The van der Waals surface area contributed by atoms with Gasteiger partial charge in [-0.3, -0.25) is 4.79 Å². The zero-order valence-corrected chi connectivity index (χ0v) is 12.9. The molecule has 1 aromatic heterocycles. The van der Waals surface area contributed by atoms with E-state index in [1.54, 1.807) is 6.92 Å². The van der Waals surface area contributed by atoms with Crippen molar-refractivity contribution in [3.63, 3.8) is 0 Å². The summed E-state index contributed by atoms with van der Waals surface area (Å²) in [6.07, 6.45) is 0.915. The highest BCUT2D eigenvalue weighted by Gasteiger charge is 2.12. The Morgan fingerprint density at radius 1 is 1.32 bits per heavy atom. The van der Waals surface area contributed by atoms with Crippen molar-refractivity contribution >= 4 is 0 Å². The topological polar surface area (TPSA) is 46.9 Å². The summed E-state index contributed by atoms with van der Waals surface area (Å²) in [7, 11) is 0. The van der Waals surface area contributed by atoms with Gasteiger partial charge in [-0.1, -0.05) is 6.92 Å². The molecule has 1 N–H and O–H groups in total. The highest BCUT2D eigenvalue weighted by atomic mass is 19.1. The van der Waals surface area contributed by atoms with Gasteiger partial charge in [0.2, 0.25) is 5.43 Å². The molecule has 0 aliphatic heterocycles. The summed E-state index contributed by atoms with van der Waals surface area (Å²) in [6, 6.07) is 4.77. The second kappa shape index (κ2) is 6.79. The van der Waals surface area contributed by atoms with Crippen LogP contribution in [0.1, 0.15) is 31.7 Å². The second-order valence-electron chi connectivity index (χ2n) is 5.29. The average molecular weight is 307 g/mol. The molecule has 6 heteroatoms. The van der Waals surface area contributed by atoms with Crippen molar-refractivity contribution in [2.45, 2.75) is 39.8 Å². The van der Waals surface area contributed by atoms with Crippen LogP contribution in [0.25, 0.3) is 5.69 Å². The van der Waals surface area contributed by atoms with Gasteiger partial charge in [0.1, 0.15) is 23.0 Å². The van der Waals surface area contributed by atoms with Crippen LogP contribution in [-0.4, -0.2) is 15.8 Å². The van der Waals surface area contributed by atoms with E-state index < -0.39 is 11.6 Å². The van der Waals surface area contributed by atoms with Crippen LogP contribution in [0.4, 0.5) is 8.78 Å². The zero-order chi connectivity index (χ0) is 16.3. The molecule has 0 amide bonds. The summed E-state index contributed by atoms with van der Waals surface area (Å²) < 4.78 is 28.5. The van der Waals surface area contributed by atoms with E-state index in [9.17, 15) is 13.6 Å². The fourth-order valence-corrected chi connectivity index (χ4v) is 2.01. The molecule has 2 rings (SSSR count). The van der Waals surface area contributed by atoms with E-state index in [0.29, 0.717) is 5.69 Å². The van der Waals surface area contributed by atoms with Gasteiger partial charge in [-0.05, 0) is 32.4 Å². The number of nitrogens with one attached hydrogen (secondary N) is 1. The molecule has 0 spiro atoms. The Hall–Kier alpha value is -2.08. The first-order chi connectivity index (χ1) is 10.4. The Morgan fingerprint density at radius 2 is 2.05 bits per heavy atom. The van der Waals surface area contributed by atoms with E-state index in [-0.39, 0.29) is 29.4 Å². The summed E-state index contributed by atoms with van der Waals surface area (Å²) in [4.78, 5) is 12.0. The van der Waals surface area contributed by atoms with E-state index in [4.69, 9.17) is 0 Å². The van der Waals surface area contributed by atoms with Gasteiger partial charge in [0.25, 0.3) is 0 Å². The highest BCUT2D eigenvalue weighted by molar-refractivity contribution is 5.35. The van der Waals surface area contributed by atoms with Gasteiger partial charge in [0.05, 0.1) is 0 Å². The quantitative estimate of drug-likeness (QED) is 0.924. The molecule has 0 bridgehead atoms. The lowest BCUT2D eigenvalue weighted by atomic mass is 10.2. The predicted molar refractivity (Wildman–Crippen MR) is 81.1 cm³/mol. The number of aryl methyl sites for hydroxylation is 1. The second-order valence-corrected chi connectivity index (χ2v) is 5.29. The van der Waals surface area contributed by atoms with Gasteiger partial charge in [0.15, 0.2) is 0 Å². The highest BCUT2D eigenvalue weighted by Crippen LogP contribution is 2.15. The first kappa shape index (κ1) is 16.3. The van der Waals surface area contributed by atoms with Gasteiger partial charge in [-0.15, -0.1) is 0 Å². The van der Waals surface area contributed by atoms with Crippen molar-refractivity contribution in [3.8, 4) is 5.69 Å². The molecule has 0 saturated heterocycles. The molecule has 118 valence electrons. The van der Waals surface area contributed by atoms with Crippen molar-refractivity contribution in [2.75, 3.05) is 0 Å².